The van der Waals surface area contributed by atoms with E-state index in [4.69, 9.17) is 9.26 Å². The number of ether oxygens (including phenoxy) is 1. The fourth-order valence-electron chi connectivity index (χ4n) is 2.67. The number of aromatic nitrogens is 1. The molecule has 3 rings (SSSR count). The average molecular weight is 448 g/mol. The first-order valence-electron chi connectivity index (χ1n) is 8.92. The van der Waals surface area contributed by atoms with E-state index >= 15 is 0 Å². The van der Waals surface area contributed by atoms with E-state index in [1.54, 1.807) is 31.2 Å². The Morgan fingerprint density at radius 1 is 1.30 bits per heavy atom. The Hall–Kier alpha value is -2.95. The van der Waals surface area contributed by atoms with E-state index in [0.29, 0.717) is 22.7 Å². The number of carbonyl (C=O) groups excluding carboxylic acids is 1. The van der Waals surface area contributed by atoms with Crippen LogP contribution in [-0.4, -0.2) is 26.6 Å². The number of anilines is 1. The molecule has 0 atom stereocenters. The van der Waals surface area contributed by atoms with E-state index < -0.39 is 10.0 Å². The predicted octanol–water partition coefficient (Wildman–Crippen LogP) is 3.66. The van der Waals surface area contributed by atoms with Crippen LogP contribution in [0.5, 0.6) is 5.75 Å². The van der Waals surface area contributed by atoms with E-state index in [9.17, 15) is 13.2 Å². The average Bonchev–Trinajstić information content (AvgIpc) is 3.35. The van der Waals surface area contributed by atoms with E-state index in [-0.39, 0.29) is 23.1 Å². The fourth-order valence-corrected chi connectivity index (χ4v) is 4.61. The molecule has 0 bridgehead atoms. The van der Waals surface area contributed by atoms with Gasteiger partial charge in [0.05, 0.1) is 7.11 Å². The lowest BCUT2D eigenvalue weighted by Crippen LogP contribution is -2.23. The summed E-state index contributed by atoms with van der Waals surface area (Å²) in [6, 6.07) is 8.53. The highest BCUT2D eigenvalue weighted by atomic mass is 32.2. The minimum atomic E-state index is -3.80. The summed E-state index contributed by atoms with van der Waals surface area (Å²) in [7, 11) is -2.38. The van der Waals surface area contributed by atoms with Gasteiger partial charge in [-0.15, -0.1) is 11.3 Å². The molecule has 8 nitrogen and oxygen atoms in total. The maximum atomic E-state index is 12.8. The van der Waals surface area contributed by atoms with Gasteiger partial charge < -0.3 is 14.6 Å². The summed E-state index contributed by atoms with van der Waals surface area (Å²) >= 11 is 1.47. The fraction of sp³-hybridized carbons (Fsp3) is 0.200. The molecule has 0 aliphatic carbocycles. The van der Waals surface area contributed by atoms with Crippen molar-refractivity contribution in [1.29, 1.82) is 0 Å². The number of rotatable bonds is 8. The summed E-state index contributed by atoms with van der Waals surface area (Å²) in [5.41, 5.74) is 1.62. The third-order valence-corrected chi connectivity index (χ3v) is 6.41. The van der Waals surface area contributed by atoms with Gasteiger partial charge in [0.15, 0.2) is 5.76 Å². The molecule has 1 aromatic carbocycles. The molecule has 0 unspecified atom stereocenters. The second-order valence-corrected chi connectivity index (χ2v) is 9.10. The van der Waals surface area contributed by atoms with Crippen molar-refractivity contribution in [2.75, 3.05) is 12.4 Å². The summed E-state index contributed by atoms with van der Waals surface area (Å²) in [4.78, 5) is 12.3. The summed E-state index contributed by atoms with van der Waals surface area (Å²) in [5.74, 6) is 0.351. The molecule has 1 amide bonds. The topological polar surface area (TPSA) is 111 Å². The van der Waals surface area contributed by atoms with Gasteiger partial charge in [0.1, 0.15) is 22.0 Å². The zero-order valence-electron chi connectivity index (χ0n) is 16.6. The molecule has 2 N–H and O–H groups in total. The summed E-state index contributed by atoms with van der Waals surface area (Å²) < 4.78 is 38.7. The second kappa shape index (κ2) is 9.24. The number of nitrogens with one attached hydrogen (secondary N) is 2. The smallest absolute Gasteiger partial charge is 0.244 e. The van der Waals surface area contributed by atoms with Crippen LogP contribution in [0.2, 0.25) is 0 Å². The van der Waals surface area contributed by atoms with Crippen LogP contribution in [-0.2, 0) is 21.4 Å². The maximum absolute atomic E-state index is 12.8. The Bertz CT molecular complexity index is 1170. The molecular weight excluding hydrogens is 426 g/mol. The molecule has 10 heteroatoms. The molecule has 3 aromatic rings. The Morgan fingerprint density at radius 2 is 2.10 bits per heavy atom. The first-order valence-corrected chi connectivity index (χ1v) is 11.3. The Balaban J connectivity index is 1.87. The van der Waals surface area contributed by atoms with Crippen LogP contribution in [0, 0.1) is 6.92 Å². The highest BCUT2D eigenvalue weighted by molar-refractivity contribution is 7.89. The van der Waals surface area contributed by atoms with Crippen LogP contribution in [0.1, 0.15) is 28.8 Å². The molecule has 0 saturated carbocycles. The Labute approximate surface area is 178 Å². The highest BCUT2D eigenvalue weighted by Crippen LogP contribution is 2.27. The largest absolute Gasteiger partial charge is 0.495 e. The molecule has 0 fully saturated rings. The van der Waals surface area contributed by atoms with E-state index in [1.165, 1.54) is 31.4 Å². The number of nitrogens with zero attached hydrogens (tertiary/aromatic N) is 1. The van der Waals surface area contributed by atoms with Crippen LogP contribution in [0.25, 0.3) is 12.2 Å². The quantitative estimate of drug-likeness (QED) is 0.545. The van der Waals surface area contributed by atoms with Crippen molar-refractivity contribution >= 4 is 45.1 Å². The molecule has 158 valence electrons. The summed E-state index contributed by atoms with van der Waals surface area (Å²) in [5, 5.41) is 8.40. The van der Waals surface area contributed by atoms with Crippen LogP contribution < -0.4 is 14.8 Å². The van der Waals surface area contributed by atoms with Crippen molar-refractivity contribution in [2.45, 2.75) is 25.3 Å². The van der Waals surface area contributed by atoms with Crippen molar-refractivity contribution in [2.24, 2.45) is 0 Å². The standard InChI is InChI=1S/C20H21N3O5S2/c1-13-20(22-14(2)24)18(28-23-13)9-7-15-6-8-17(27-3)19(11-15)30(25,26)21-12-16-5-4-10-29-16/h4-11,21H,12H2,1-3H3,(H,22,24). The SMILES string of the molecule is COc1ccc(C=Cc2onc(C)c2NC(C)=O)cc1S(=O)(=O)NCc1cccs1. The number of methoxy groups -OCH3 is 1. The van der Waals surface area contributed by atoms with Gasteiger partial charge >= 0.3 is 0 Å². The van der Waals surface area contributed by atoms with Crippen LogP contribution in [0.4, 0.5) is 5.69 Å². The van der Waals surface area contributed by atoms with Crippen molar-refractivity contribution in [3.05, 3.63) is 57.6 Å². The van der Waals surface area contributed by atoms with Gasteiger partial charge in [-0.1, -0.05) is 23.4 Å². The zero-order chi connectivity index (χ0) is 21.7. The van der Waals surface area contributed by atoms with Crippen LogP contribution >= 0.6 is 11.3 Å². The van der Waals surface area contributed by atoms with Gasteiger partial charge in [0.25, 0.3) is 0 Å². The number of carbonyl (C=O) groups is 1. The normalized spacial score (nSPS) is 11.7. The lowest BCUT2D eigenvalue weighted by Gasteiger charge is -2.11. The van der Waals surface area contributed by atoms with E-state index in [2.05, 4.69) is 15.2 Å². The van der Waals surface area contributed by atoms with Crippen molar-refractivity contribution in [1.82, 2.24) is 9.88 Å². The number of aryl methyl sites for hydroxylation is 1. The van der Waals surface area contributed by atoms with Crippen molar-refractivity contribution < 1.29 is 22.5 Å². The van der Waals surface area contributed by atoms with E-state index in [0.717, 1.165) is 4.88 Å². The first kappa shape index (κ1) is 21.8. The molecule has 2 heterocycles. The molecule has 0 radical (unpaired) electrons. The molecule has 0 aliphatic heterocycles. The highest BCUT2D eigenvalue weighted by Gasteiger charge is 2.20. The van der Waals surface area contributed by atoms with Crippen LogP contribution in [0.15, 0.2) is 45.1 Å². The number of thiophene rings is 1. The van der Waals surface area contributed by atoms with Gasteiger partial charge in [-0.3, -0.25) is 4.79 Å². The molecule has 0 spiro atoms. The first-order chi connectivity index (χ1) is 14.3. The summed E-state index contributed by atoms with van der Waals surface area (Å²) in [6.07, 6.45) is 3.28. The number of hydrogen-bond donors (Lipinski definition) is 2. The Kier molecular flexibility index (Phi) is 6.70. The lowest BCUT2D eigenvalue weighted by molar-refractivity contribution is -0.114. The van der Waals surface area contributed by atoms with Gasteiger partial charge in [0.2, 0.25) is 15.9 Å². The maximum Gasteiger partial charge on any atom is 0.244 e. The van der Waals surface area contributed by atoms with E-state index in [1.807, 2.05) is 17.5 Å². The number of sulfonamides is 1. The van der Waals surface area contributed by atoms with Crippen LogP contribution in [0.3, 0.4) is 0 Å². The number of amides is 1. The Morgan fingerprint density at radius 3 is 2.77 bits per heavy atom. The zero-order valence-corrected chi connectivity index (χ0v) is 18.3. The second-order valence-electron chi connectivity index (χ2n) is 6.34. The van der Waals surface area contributed by atoms with Gasteiger partial charge in [-0.25, -0.2) is 13.1 Å². The lowest BCUT2D eigenvalue weighted by atomic mass is 10.2. The molecule has 0 saturated heterocycles. The van der Waals surface area contributed by atoms with Crippen molar-refractivity contribution in [3.63, 3.8) is 0 Å². The summed E-state index contributed by atoms with van der Waals surface area (Å²) in [6.45, 7) is 3.30. The minimum Gasteiger partial charge on any atom is -0.495 e. The predicted molar refractivity (Wildman–Crippen MR) is 116 cm³/mol. The van der Waals surface area contributed by atoms with Gasteiger partial charge in [0, 0.05) is 18.3 Å². The monoisotopic (exact) mass is 447 g/mol. The molecular formula is C20H21N3O5S2. The third kappa shape index (κ3) is 5.15. The van der Waals surface area contributed by atoms with Gasteiger partial charge in [-0.2, -0.15) is 0 Å². The van der Waals surface area contributed by atoms with Gasteiger partial charge in [-0.05, 0) is 42.1 Å². The molecule has 2 aromatic heterocycles. The third-order valence-electron chi connectivity index (χ3n) is 4.11. The van der Waals surface area contributed by atoms with Crippen molar-refractivity contribution in [3.8, 4) is 5.75 Å². The number of hydrogen-bond acceptors (Lipinski definition) is 7. The minimum absolute atomic E-state index is 0.0274. The molecule has 30 heavy (non-hydrogen) atoms. The molecule has 0 aliphatic rings. The number of benzene rings is 1.